The fourth-order valence-corrected chi connectivity index (χ4v) is 2.46. The van der Waals surface area contributed by atoms with E-state index in [4.69, 9.17) is 5.73 Å². The number of amides is 1. The monoisotopic (exact) mass is 275 g/mol. The van der Waals surface area contributed by atoms with Crippen molar-refractivity contribution in [3.63, 3.8) is 0 Å². The Balaban J connectivity index is 1.88. The summed E-state index contributed by atoms with van der Waals surface area (Å²) in [6, 6.07) is 7.59. The molecule has 0 aliphatic heterocycles. The number of hydrogen-bond acceptors (Lipinski definition) is 3. The average Bonchev–Trinajstić information content (AvgIpc) is 2.41. The van der Waals surface area contributed by atoms with Crippen molar-refractivity contribution in [3.8, 4) is 0 Å². The highest BCUT2D eigenvalue weighted by Gasteiger charge is 2.24. The van der Waals surface area contributed by atoms with Crippen LogP contribution in [-0.2, 0) is 11.3 Å². The Morgan fingerprint density at radius 1 is 1.50 bits per heavy atom. The maximum Gasteiger partial charge on any atom is 0.241 e. The summed E-state index contributed by atoms with van der Waals surface area (Å²) in [6.07, 6.45) is 3.94. The molecule has 3 N–H and O–H groups in total. The number of carbonyl (C=O) groups is 1. The van der Waals surface area contributed by atoms with E-state index in [1.165, 1.54) is 19.3 Å². The van der Waals surface area contributed by atoms with Crippen LogP contribution in [0.4, 0.5) is 5.69 Å². The largest absolute Gasteiger partial charge is 0.326 e. The predicted octanol–water partition coefficient (Wildman–Crippen LogP) is 2.20. The Hall–Kier alpha value is -1.39. The van der Waals surface area contributed by atoms with Gasteiger partial charge in [0.25, 0.3) is 0 Å². The van der Waals surface area contributed by atoms with Crippen LogP contribution >= 0.6 is 0 Å². The maximum absolute atomic E-state index is 12.3. The quantitative estimate of drug-likeness (QED) is 0.837. The smallest absolute Gasteiger partial charge is 0.241 e. The van der Waals surface area contributed by atoms with Crippen LogP contribution in [0.2, 0.25) is 0 Å². The number of anilines is 1. The normalized spacial score (nSPS) is 16.8. The number of likely N-dealkylation sites (N-methyl/N-ethyl adjacent to an activating group) is 1. The lowest BCUT2D eigenvalue weighted by atomic mass is 9.85. The number of nitrogens with one attached hydrogen (secondary N) is 1. The number of carbonyl (C=O) groups excluding carboxylic acids is 1. The number of benzene rings is 1. The first-order valence-electron chi connectivity index (χ1n) is 7.40. The van der Waals surface area contributed by atoms with Crippen LogP contribution in [0.3, 0.4) is 0 Å². The van der Waals surface area contributed by atoms with Gasteiger partial charge in [0.2, 0.25) is 5.91 Å². The van der Waals surface area contributed by atoms with E-state index in [9.17, 15) is 4.79 Å². The van der Waals surface area contributed by atoms with Gasteiger partial charge in [-0.05, 0) is 50.4 Å². The van der Waals surface area contributed by atoms with Gasteiger partial charge in [0.15, 0.2) is 0 Å². The topological polar surface area (TPSA) is 58.4 Å². The third kappa shape index (κ3) is 3.81. The highest BCUT2D eigenvalue weighted by molar-refractivity contribution is 5.94. The van der Waals surface area contributed by atoms with E-state index in [0.717, 1.165) is 23.7 Å². The molecule has 1 atom stereocenters. The Kier molecular flexibility index (Phi) is 5.15. The van der Waals surface area contributed by atoms with E-state index in [1.54, 1.807) is 0 Å². The summed E-state index contributed by atoms with van der Waals surface area (Å²) < 4.78 is 0. The van der Waals surface area contributed by atoms with Crippen molar-refractivity contribution < 1.29 is 4.79 Å². The van der Waals surface area contributed by atoms with Gasteiger partial charge in [-0.25, -0.2) is 0 Å². The van der Waals surface area contributed by atoms with Crippen LogP contribution in [0.1, 0.15) is 31.7 Å². The summed E-state index contributed by atoms with van der Waals surface area (Å²) in [5.74, 6) is 0.816. The number of nitrogens with two attached hydrogens (primary N) is 1. The van der Waals surface area contributed by atoms with Crippen molar-refractivity contribution >= 4 is 11.6 Å². The molecular weight excluding hydrogens is 250 g/mol. The van der Waals surface area contributed by atoms with Gasteiger partial charge in [-0.2, -0.15) is 0 Å². The molecule has 1 aromatic carbocycles. The minimum atomic E-state index is -0.114. The fourth-order valence-electron chi connectivity index (χ4n) is 2.46. The molecule has 1 aliphatic carbocycles. The van der Waals surface area contributed by atoms with Crippen LogP contribution in [-0.4, -0.2) is 30.4 Å². The lowest BCUT2D eigenvalue weighted by molar-refractivity contribution is -0.120. The second-order valence-corrected chi connectivity index (χ2v) is 5.81. The molecule has 2 rings (SSSR count). The predicted molar refractivity (Wildman–Crippen MR) is 82.4 cm³/mol. The summed E-state index contributed by atoms with van der Waals surface area (Å²) in [5.41, 5.74) is 7.46. The van der Waals surface area contributed by atoms with E-state index in [-0.39, 0.29) is 11.9 Å². The summed E-state index contributed by atoms with van der Waals surface area (Å²) in [6.45, 7) is 3.46. The first kappa shape index (κ1) is 15.0. The third-order valence-electron chi connectivity index (χ3n) is 4.24. The Bertz CT molecular complexity index is 457. The van der Waals surface area contributed by atoms with E-state index in [1.807, 2.05) is 38.2 Å². The Labute approximate surface area is 121 Å². The van der Waals surface area contributed by atoms with Crippen molar-refractivity contribution in [1.29, 1.82) is 0 Å². The van der Waals surface area contributed by atoms with Gasteiger partial charge in [-0.3, -0.25) is 9.69 Å². The molecule has 1 fully saturated rings. The third-order valence-corrected chi connectivity index (χ3v) is 4.24. The van der Waals surface area contributed by atoms with Crippen LogP contribution < -0.4 is 11.1 Å². The first-order chi connectivity index (χ1) is 9.60. The molecule has 4 nitrogen and oxygen atoms in total. The Morgan fingerprint density at radius 3 is 2.85 bits per heavy atom. The minimum absolute atomic E-state index is 0.0426. The van der Waals surface area contributed by atoms with Crippen LogP contribution in [0.5, 0.6) is 0 Å². The van der Waals surface area contributed by atoms with Crippen LogP contribution in [0.25, 0.3) is 0 Å². The zero-order valence-electron chi connectivity index (χ0n) is 12.4. The molecule has 1 saturated carbocycles. The lowest BCUT2D eigenvalue weighted by Crippen LogP contribution is -2.42. The van der Waals surface area contributed by atoms with Gasteiger partial charge in [-0.1, -0.05) is 18.6 Å². The molecule has 0 radical (unpaired) electrons. The van der Waals surface area contributed by atoms with E-state index in [0.29, 0.717) is 6.54 Å². The van der Waals surface area contributed by atoms with Crippen molar-refractivity contribution in [1.82, 2.24) is 4.90 Å². The molecule has 0 saturated heterocycles. The van der Waals surface area contributed by atoms with Crippen LogP contribution in [0.15, 0.2) is 24.3 Å². The Morgan fingerprint density at radius 2 is 2.25 bits per heavy atom. The zero-order valence-corrected chi connectivity index (χ0v) is 12.4. The molecule has 0 bridgehead atoms. The first-order valence-corrected chi connectivity index (χ1v) is 7.40. The summed E-state index contributed by atoms with van der Waals surface area (Å²) in [5, 5.41) is 2.97. The van der Waals surface area contributed by atoms with Crippen molar-refractivity contribution in [2.75, 3.05) is 18.9 Å². The molecule has 0 heterocycles. The molecule has 1 aromatic rings. The fraction of sp³-hybridized carbons (Fsp3) is 0.562. The SMILES string of the molecule is CC(C(=O)Nc1cccc(CN)c1)N(C)CC1CCC1. The van der Waals surface area contributed by atoms with Gasteiger partial charge in [0.1, 0.15) is 0 Å². The molecule has 4 heteroatoms. The van der Waals surface area contributed by atoms with Crippen molar-refractivity contribution in [3.05, 3.63) is 29.8 Å². The molecule has 1 unspecified atom stereocenters. The van der Waals surface area contributed by atoms with Crippen molar-refractivity contribution in [2.24, 2.45) is 11.7 Å². The maximum atomic E-state index is 12.3. The van der Waals surface area contributed by atoms with Gasteiger partial charge < -0.3 is 11.1 Å². The second kappa shape index (κ2) is 6.86. The van der Waals surface area contributed by atoms with Gasteiger partial charge in [0, 0.05) is 18.8 Å². The highest BCUT2D eigenvalue weighted by Crippen LogP contribution is 2.27. The van der Waals surface area contributed by atoms with E-state index < -0.39 is 0 Å². The molecule has 1 aliphatic rings. The summed E-state index contributed by atoms with van der Waals surface area (Å²) in [4.78, 5) is 14.4. The van der Waals surface area contributed by atoms with Gasteiger partial charge in [0.05, 0.1) is 6.04 Å². The number of nitrogens with zero attached hydrogens (tertiary/aromatic N) is 1. The molecule has 20 heavy (non-hydrogen) atoms. The molecule has 1 amide bonds. The van der Waals surface area contributed by atoms with E-state index >= 15 is 0 Å². The number of rotatable bonds is 6. The molecule has 0 aromatic heterocycles. The second-order valence-electron chi connectivity index (χ2n) is 5.81. The van der Waals surface area contributed by atoms with E-state index in [2.05, 4.69) is 10.2 Å². The molecule has 110 valence electrons. The summed E-state index contributed by atoms with van der Waals surface area (Å²) >= 11 is 0. The zero-order chi connectivity index (χ0) is 14.5. The van der Waals surface area contributed by atoms with Crippen molar-refractivity contribution in [2.45, 2.75) is 38.8 Å². The standard InChI is InChI=1S/C16H25N3O/c1-12(19(2)11-13-5-3-6-13)16(20)18-15-8-4-7-14(9-15)10-17/h4,7-9,12-13H,3,5-6,10-11,17H2,1-2H3,(H,18,20). The van der Waals surface area contributed by atoms with Gasteiger partial charge in [-0.15, -0.1) is 0 Å². The number of hydrogen-bond donors (Lipinski definition) is 2. The van der Waals surface area contributed by atoms with Crippen LogP contribution in [0, 0.1) is 5.92 Å². The highest BCUT2D eigenvalue weighted by atomic mass is 16.2. The average molecular weight is 275 g/mol. The summed E-state index contributed by atoms with van der Waals surface area (Å²) in [7, 11) is 2.03. The molecular formula is C16H25N3O. The van der Waals surface area contributed by atoms with Gasteiger partial charge >= 0.3 is 0 Å². The molecule has 0 spiro atoms. The lowest BCUT2D eigenvalue weighted by Gasteiger charge is -2.32. The minimum Gasteiger partial charge on any atom is -0.326 e.